The van der Waals surface area contributed by atoms with E-state index in [9.17, 15) is 8.78 Å². The third-order valence-corrected chi connectivity index (χ3v) is 19.2. The summed E-state index contributed by atoms with van der Waals surface area (Å²) >= 11 is 0. The normalized spacial score (nSPS) is 11.9. The molecule has 77 heavy (non-hydrogen) atoms. The fourth-order valence-electron chi connectivity index (χ4n) is 12.2. The Labute approximate surface area is 446 Å². The Hall–Kier alpha value is -9.56. The molecule has 2 heterocycles. The molecular weight excluding hydrogens is 963 g/mol. The molecular formula is C70H50F2N4Si. The lowest BCUT2D eigenvalue weighted by atomic mass is 10.1. The molecule has 0 radical (unpaired) electrons. The van der Waals surface area contributed by atoms with Gasteiger partial charge in [0.2, 0.25) is 0 Å². The molecule has 0 aliphatic rings. The Morgan fingerprint density at radius 1 is 0.286 bits per heavy atom. The minimum absolute atomic E-state index is 0.282. The van der Waals surface area contributed by atoms with Gasteiger partial charge in [0.25, 0.3) is 0 Å². The van der Waals surface area contributed by atoms with Crippen molar-refractivity contribution >= 4 is 118 Å². The van der Waals surface area contributed by atoms with Gasteiger partial charge in [-0.3, -0.25) is 0 Å². The van der Waals surface area contributed by atoms with Crippen molar-refractivity contribution in [3.05, 3.63) is 279 Å². The number of anilines is 6. The number of aromatic nitrogens is 2. The maximum atomic E-state index is 14.8. The van der Waals surface area contributed by atoms with Crippen LogP contribution >= 0.6 is 0 Å². The van der Waals surface area contributed by atoms with Gasteiger partial charge >= 0.3 is 0 Å². The molecule has 0 atom stereocenters. The first-order valence-corrected chi connectivity index (χ1v) is 29.1. The molecule has 0 spiro atoms. The lowest BCUT2D eigenvalue weighted by molar-refractivity contribution is 0.627. The van der Waals surface area contributed by atoms with Crippen LogP contribution in [0.4, 0.5) is 42.9 Å². The van der Waals surface area contributed by atoms with Crippen molar-refractivity contribution in [2.24, 2.45) is 0 Å². The van der Waals surface area contributed by atoms with Crippen LogP contribution in [0.1, 0.15) is 0 Å². The van der Waals surface area contributed by atoms with Gasteiger partial charge in [-0.15, -0.1) is 0 Å². The van der Waals surface area contributed by atoms with Crippen LogP contribution in [0.5, 0.6) is 0 Å². The Bertz CT molecular complexity index is 4270. The lowest BCUT2D eigenvalue weighted by Crippen LogP contribution is -2.53. The number of rotatable bonds is 10. The predicted octanol–water partition coefficient (Wildman–Crippen LogP) is 18.2. The maximum absolute atomic E-state index is 14.8. The second kappa shape index (κ2) is 18.4. The molecule has 0 aliphatic heterocycles. The maximum Gasteiger partial charge on any atom is 0.123 e. The van der Waals surface area contributed by atoms with Crippen molar-refractivity contribution in [2.45, 2.75) is 13.1 Å². The number of benzene rings is 12. The highest BCUT2D eigenvalue weighted by Gasteiger charge is 2.31. The van der Waals surface area contributed by atoms with Gasteiger partial charge in [0.1, 0.15) is 19.7 Å². The summed E-state index contributed by atoms with van der Waals surface area (Å²) in [5.74, 6) is -0.564. The molecule has 14 aromatic rings. The second-order valence-corrected chi connectivity index (χ2v) is 24.7. The number of fused-ring (bicyclic) bond motifs is 8. The SMILES string of the molecule is C[Si](C)(c1cccc2c(N(c3ccc(F)cc3)c3ccc4c(c3)c3ccccc3n4-c3ccccc3)cccc12)c1cccc2c(N(c3ccc(F)cc3)c3ccc4c(c3)c3ccccc3n4-c3ccccc3)cccc12. The van der Waals surface area contributed by atoms with E-state index in [-0.39, 0.29) is 11.6 Å². The first-order chi connectivity index (χ1) is 37.8. The summed E-state index contributed by atoms with van der Waals surface area (Å²) in [6.45, 7) is 4.91. The molecule has 0 fully saturated rings. The van der Waals surface area contributed by atoms with Crippen molar-refractivity contribution in [3.63, 3.8) is 0 Å². The van der Waals surface area contributed by atoms with Gasteiger partial charge in [-0.05, 0) is 155 Å². The van der Waals surface area contributed by atoms with Gasteiger partial charge in [0.15, 0.2) is 0 Å². The van der Waals surface area contributed by atoms with Gasteiger partial charge in [-0.25, -0.2) is 8.78 Å². The first kappa shape index (κ1) is 46.0. The van der Waals surface area contributed by atoms with Crippen LogP contribution in [0, 0.1) is 11.6 Å². The van der Waals surface area contributed by atoms with E-state index in [2.05, 4.69) is 238 Å². The van der Waals surface area contributed by atoms with Crippen LogP contribution in [0.2, 0.25) is 13.1 Å². The molecule has 0 unspecified atom stereocenters. The van der Waals surface area contributed by atoms with Gasteiger partial charge in [-0.2, -0.15) is 0 Å². The predicted molar refractivity (Wildman–Crippen MR) is 323 cm³/mol. The van der Waals surface area contributed by atoms with Crippen molar-refractivity contribution in [1.29, 1.82) is 0 Å². The van der Waals surface area contributed by atoms with E-state index in [0.717, 1.165) is 99.9 Å². The summed E-state index contributed by atoms with van der Waals surface area (Å²) in [4.78, 5) is 4.55. The quantitative estimate of drug-likeness (QED) is 0.127. The Morgan fingerprint density at radius 2 is 0.623 bits per heavy atom. The van der Waals surface area contributed by atoms with E-state index in [0.29, 0.717) is 0 Å². The molecule has 0 saturated heterocycles. The largest absolute Gasteiger partial charge is 0.310 e. The van der Waals surface area contributed by atoms with Crippen molar-refractivity contribution in [3.8, 4) is 11.4 Å². The van der Waals surface area contributed by atoms with Crippen molar-refractivity contribution in [1.82, 2.24) is 9.13 Å². The van der Waals surface area contributed by atoms with Crippen molar-refractivity contribution in [2.75, 3.05) is 9.80 Å². The third-order valence-electron chi connectivity index (χ3n) is 15.7. The Balaban J connectivity index is 0.915. The minimum atomic E-state index is -2.57. The molecule has 2 aromatic heterocycles. The van der Waals surface area contributed by atoms with Gasteiger partial charge < -0.3 is 18.9 Å². The van der Waals surface area contributed by atoms with E-state index >= 15 is 0 Å². The van der Waals surface area contributed by atoms with E-state index < -0.39 is 8.07 Å². The average molecular weight is 1010 g/mol. The van der Waals surface area contributed by atoms with E-state index in [1.807, 2.05) is 36.4 Å². The van der Waals surface area contributed by atoms with E-state index in [1.165, 1.54) is 21.1 Å². The molecule has 0 bridgehead atoms. The first-order valence-electron chi connectivity index (χ1n) is 26.1. The number of para-hydroxylation sites is 4. The number of halogens is 2. The summed E-state index contributed by atoms with van der Waals surface area (Å²) in [7, 11) is -2.57. The van der Waals surface area contributed by atoms with E-state index in [4.69, 9.17) is 0 Å². The summed E-state index contributed by atoms with van der Waals surface area (Å²) in [5.41, 5.74) is 12.4. The molecule has 4 nitrogen and oxygen atoms in total. The van der Waals surface area contributed by atoms with Gasteiger partial charge in [0.05, 0.1) is 33.4 Å². The molecule has 12 aromatic carbocycles. The molecule has 0 saturated carbocycles. The smallest absolute Gasteiger partial charge is 0.123 e. The van der Waals surface area contributed by atoms with Crippen molar-refractivity contribution < 1.29 is 8.78 Å². The highest BCUT2D eigenvalue weighted by molar-refractivity contribution is 7.03. The summed E-state index contributed by atoms with van der Waals surface area (Å²) < 4.78 is 34.3. The zero-order chi connectivity index (χ0) is 51.8. The van der Waals surface area contributed by atoms with Crippen LogP contribution in [0.25, 0.3) is 76.5 Å². The molecule has 0 N–H and O–H groups in total. The number of hydrogen-bond acceptors (Lipinski definition) is 2. The highest BCUT2D eigenvalue weighted by Crippen LogP contribution is 2.45. The van der Waals surface area contributed by atoms with Gasteiger partial charge in [0, 0.05) is 66.4 Å². The van der Waals surface area contributed by atoms with Gasteiger partial charge in [-0.1, -0.05) is 147 Å². The zero-order valence-electron chi connectivity index (χ0n) is 42.4. The summed E-state index contributed by atoms with van der Waals surface area (Å²) in [6, 6.07) is 92.0. The summed E-state index contributed by atoms with van der Waals surface area (Å²) in [6.07, 6.45) is 0. The third kappa shape index (κ3) is 7.61. The second-order valence-electron chi connectivity index (χ2n) is 20.4. The zero-order valence-corrected chi connectivity index (χ0v) is 43.4. The molecule has 0 aliphatic carbocycles. The number of nitrogens with zero attached hydrogens (tertiary/aromatic N) is 4. The average Bonchev–Trinajstić information content (AvgIpc) is 4.04. The van der Waals surface area contributed by atoms with Crippen LogP contribution < -0.4 is 20.2 Å². The fraction of sp³-hybridized carbons (Fsp3) is 0.0286. The van der Waals surface area contributed by atoms with Crippen LogP contribution in [0.3, 0.4) is 0 Å². The lowest BCUT2D eigenvalue weighted by Gasteiger charge is -2.31. The molecule has 0 amide bonds. The minimum Gasteiger partial charge on any atom is -0.310 e. The molecule has 14 rings (SSSR count). The monoisotopic (exact) mass is 1010 g/mol. The molecule has 7 heteroatoms. The van der Waals surface area contributed by atoms with E-state index in [1.54, 1.807) is 24.3 Å². The Kier molecular flexibility index (Phi) is 11.0. The van der Waals surface area contributed by atoms with Crippen LogP contribution in [-0.4, -0.2) is 17.2 Å². The van der Waals surface area contributed by atoms with Crippen LogP contribution in [-0.2, 0) is 0 Å². The topological polar surface area (TPSA) is 16.3 Å². The highest BCUT2D eigenvalue weighted by atomic mass is 28.3. The van der Waals surface area contributed by atoms with Crippen LogP contribution in [0.15, 0.2) is 267 Å². The number of hydrogen-bond donors (Lipinski definition) is 0. The Morgan fingerprint density at radius 3 is 1.05 bits per heavy atom. The fourth-order valence-corrected chi connectivity index (χ4v) is 15.3. The molecule has 368 valence electrons. The summed E-state index contributed by atoms with van der Waals surface area (Å²) in [5, 5.41) is 11.8. The standard InChI is InChI=1S/C70H50F2N4Si/c1-77(2,69-31-15-23-55-59(69)25-13-29-63(55)73(51-37-33-47(71)34-38-51)53-41-43-67-61(45-53)57-21-9-11-27-65(57)75(67)49-17-5-3-6-18-49)70-32-16-24-56-60(70)26-14-30-64(56)74(52-39-35-48(72)36-40-52)54-42-44-68-62(46-54)58-22-10-12-28-66(58)76(68)50-19-7-4-8-20-50/h3-46H,1-2H3.